The van der Waals surface area contributed by atoms with E-state index in [1.54, 1.807) is 0 Å². The monoisotopic (exact) mass is 412 g/mol. The highest BCUT2D eigenvalue weighted by molar-refractivity contribution is 4.52. The topological polar surface area (TPSA) is 101 Å². The molecule has 0 aromatic carbocycles. The van der Waals surface area contributed by atoms with Crippen LogP contribution < -0.4 is 0 Å². The second-order valence-corrected chi connectivity index (χ2v) is 6.36. The summed E-state index contributed by atoms with van der Waals surface area (Å²) in [5, 5.41) is 35.0. The summed E-state index contributed by atoms with van der Waals surface area (Å²) in [5.41, 5.74) is 0. The average molecular weight is 413 g/mol. The van der Waals surface area contributed by atoms with Crippen LogP contribution in [0.3, 0.4) is 0 Å². The van der Waals surface area contributed by atoms with Gasteiger partial charge in [0, 0.05) is 35.5 Å². The molecule has 1 aliphatic carbocycles. The minimum atomic E-state index is 1.00. The summed E-state index contributed by atoms with van der Waals surface area (Å²) in [5.74, 6) is 0. The third-order valence-electron chi connectivity index (χ3n) is 4.50. The van der Waals surface area contributed by atoms with Crippen LogP contribution in [-0.4, -0.2) is 61.1 Å². The van der Waals surface area contributed by atoms with Crippen molar-refractivity contribution in [2.75, 3.05) is 35.5 Å². The molecule has 0 unspecified atom stereocenters. The largest absolute Gasteiger partial charge is 0.400 e. The zero-order valence-corrected chi connectivity index (χ0v) is 20.0. The predicted octanol–water partition coefficient (Wildman–Crippen LogP) is 5.06. The summed E-state index contributed by atoms with van der Waals surface area (Å²) in [7, 11) is 5.00. The van der Waals surface area contributed by atoms with Gasteiger partial charge < -0.3 is 25.5 Å². The molecule has 0 spiro atoms. The molecule has 0 aromatic heterocycles. The zero-order valence-electron chi connectivity index (χ0n) is 20.0. The SMILES string of the molecule is C1CCCCCCCCCCCCCCCCC1.CO.CO.CO.CO.CO. The third kappa shape index (κ3) is 50.1. The van der Waals surface area contributed by atoms with Crippen molar-refractivity contribution in [3.8, 4) is 0 Å². The molecule has 178 valence electrons. The van der Waals surface area contributed by atoms with Gasteiger partial charge in [-0.05, 0) is 0 Å². The second-order valence-electron chi connectivity index (χ2n) is 6.36. The smallest absolute Gasteiger partial charge is 0.0319 e. The first-order valence-electron chi connectivity index (χ1n) is 11.2. The Hall–Kier alpha value is -0.200. The quantitative estimate of drug-likeness (QED) is 0.382. The Morgan fingerprint density at radius 1 is 0.179 bits per heavy atom. The minimum absolute atomic E-state index is 1.00. The van der Waals surface area contributed by atoms with E-state index >= 15 is 0 Å². The zero-order chi connectivity index (χ0) is 22.7. The lowest BCUT2D eigenvalue weighted by Gasteiger charge is -2.05. The second kappa shape index (κ2) is 56.3. The van der Waals surface area contributed by atoms with Crippen LogP contribution in [0.1, 0.15) is 116 Å². The van der Waals surface area contributed by atoms with Gasteiger partial charge in [0.2, 0.25) is 0 Å². The molecule has 0 aromatic rings. The third-order valence-corrected chi connectivity index (χ3v) is 4.50. The fraction of sp³-hybridized carbons (Fsp3) is 1.00. The molecule has 0 amide bonds. The fourth-order valence-corrected chi connectivity index (χ4v) is 3.18. The highest BCUT2D eigenvalue weighted by atomic mass is 16.2. The summed E-state index contributed by atoms with van der Waals surface area (Å²) in [6, 6.07) is 0. The molecule has 0 aliphatic heterocycles. The lowest BCUT2D eigenvalue weighted by Crippen LogP contribution is -1.85. The maximum absolute atomic E-state index is 7.00. The average Bonchev–Trinajstić information content (AvgIpc) is 2.81. The first-order chi connectivity index (χ1) is 14.0. The number of aliphatic hydroxyl groups is 5. The van der Waals surface area contributed by atoms with Crippen LogP contribution in [0.2, 0.25) is 0 Å². The Labute approximate surface area is 177 Å². The number of hydrogen-bond donors (Lipinski definition) is 5. The molecule has 5 heteroatoms. The Balaban J connectivity index is -0.000000153. The van der Waals surface area contributed by atoms with E-state index in [9.17, 15) is 0 Å². The van der Waals surface area contributed by atoms with E-state index in [0.29, 0.717) is 0 Å². The Kier molecular flexibility index (Phi) is 77.2. The van der Waals surface area contributed by atoms with Gasteiger partial charge in [0.15, 0.2) is 0 Å². The molecule has 5 N–H and O–H groups in total. The summed E-state index contributed by atoms with van der Waals surface area (Å²) in [6.07, 6.45) is 27.0. The minimum Gasteiger partial charge on any atom is -0.400 e. The molecule has 1 rings (SSSR count). The van der Waals surface area contributed by atoms with Crippen molar-refractivity contribution in [2.45, 2.75) is 116 Å². The van der Waals surface area contributed by atoms with Gasteiger partial charge in [-0.25, -0.2) is 0 Å². The van der Waals surface area contributed by atoms with Crippen molar-refractivity contribution < 1.29 is 25.5 Å². The van der Waals surface area contributed by atoms with E-state index in [2.05, 4.69) is 0 Å². The first-order valence-corrected chi connectivity index (χ1v) is 11.2. The van der Waals surface area contributed by atoms with Gasteiger partial charge in [-0.15, -0.1) is 0 Å². The summed E-state index contributed by atoms with van der Waals surface area (Å²) < 4.78 is 0. The van der Waals surface area contributed by atoms with Gasteiger partial charge in [0.25, 0.3) is 0 Å². The number of aliphatic hydroxyl groups excluding tert-OH is 5. The van der Waals surface area contributed by atoms with Gasteiger partial charge in [0.1, 0.15) is 0 Å². The molecular formula is C23H56O5. The van der Waals surface area contributed by atoms with Gasteiger partial charge in [-0.1, -0.05) is 116 Å². The lowest BCUT2D eigenvalue weighted by atomic mass is 10.0. The maximum atomic E-state index is 7.00. The predicted molar refractivity (Wildman–Crippen MR) is 124 cm³/mol. The molecule has 0 radical (unpaired) electrons. The fourth-order valence-electron chi connectivity index (χ4n) is 3.18. The molecule has 1 fully saturated rings. The van der Waals surface area contributed by atoms with Crippen molar-refractivity contribution in [1.29, 1.82) is 0 Å². The van der Waals surface area contributed by atoms with Crippen LogP contribution in [0.15, 0.2) is 0 Å². The number of hydrogen-bond acceptors (Lipinski definition) is 5. The van der Waals surface area contributed by atoms with Crippen LogP contribution >= 0.6 is 0 Å². The lowest BCUT2D eigenvalue weighted by molar-refractivity contribution is 0.399. The summed E-state index contributed by atoms with van der Waals surface area (Å²) >= 11 is 0. The van der Waals surface area contributed by atoms with Gasteiger partial charge in [0.05, 0.1) is 0 Å². The highest BCUT2D eigenvalue weighted by Crippen LogP contribution is 2.16. The van der Waals surface area contributed by atoms with E-state index < -0.39 is 0 Å². The van der Waals surface area contributed by atoms with Crippen LogP contribution in [0.4, 0.5) is 0 Å². The van der Waals surface area contributed by atoms with Gasteiger partial charge in [-0.3, -0.25) is 0 Å². The van der Waals surface area contributed by atoms with Gasteiger partial charge >= 0.3 is 0 Å². The molecule has 28 heavy (non-hydrogen) atoms. The van der Waals surface area contributed by atoms with Crippen LogP contribution in [0, 0.1) is 0 Å². The molecule has 1 saturated carbocycles. The molecule has 0 saturated heterocycles. The maximum Gasteiger partial charge on any atom is 0.0319 e. The first kappa shape index (κ1) is 38.4. The van der Waals surface area contributed by atoms with Crippen molar-refractivity contribution in [3.63, 3.8) is 0 Å². The van der Waals surface area contributed by atoms with E-state index in [1.807, 2.05) is 0 Å². The normalized spacial score (nSPS) is 16.5. The molecule has 0 heterocycles. The van der Waals surface area contributed by atoms with Crippen molar-refractivity contribution >= 4 is 0 Å². The summed E-state index contributed by atoms with van der Waals surface area (Å²) in [6.45, 7) is 0. The Morgan fingerprint density at radius 3 is 0.250 bits per heavy atom. The molecule has 1 aliphatic rings. The van der Waals surface area contributed by atoms with Crippen LogP contribution in [0.25, 0.3) is 0 Å². The highest BCUT2D eigenvalue weighted by Gasteiger charge is 1.96. The van der Waals surface area contributed by atoms with Crippen molar-refractivity contribution in [1.82, 2.24) is 0 Å². The molecular weight excluding hydrogens is 356 g/mol. The Morgan fingerprint density at radius 2 is 0.214 bits per heavy atom. The molecule has 0 bridgehead atoms. The van der Waals surface area contributed by atoms with Crippen molar-refractivity contribution in [3.05, 3.63) is 0 Å². The molecule has 5 nitrogen and oxygen atoms in total. The van der Waals surface area contributed by atoms with Crippen LogP contribution in [-0.2, 0) is 0 Å². The van der Waals surface area contributed by atoms with Crippen molar-refractivity contribution in [2.24, 2.45) is 0 Å². The van der Waals surface area contributed by atoms with E-state index in [1.165, 1.54) is 116 Å². The van der Waals surface area contributed by atoms with E-state index in [-0.39, 0.29) is 0 Å². The Bertz CT molecular complexity index is 94.0. The van der Waals surface area contributed by atoms with Crippen LogP contribution in [0.5, 0.6) is 0 Å². The standard InChI is InChI=1S/C18H36.5CH4O/c1-2-4-6-8-10-12-14-16-18-17-15-13-11-9-7-5-3-1;5*1-2/h1-18H2;5*2H,1H3. The summed E-state index contributed by atoms with van der Waals surface area (Å²) in [4.78, 5) is 0. The van der Waals surface area contributed by atoms with Gasteiger partial charge in [-0.2, -0.15) is 0 Å². The van der Waals surface area contributed by atoms with E-state index in [4.69, 9.17) is 25.5 Å². The number of rotatable bonds is 0. The molecule has 0 atom stereocenters. The van der Waals surface area contributed by atoms with E-state index in [0.717, 1.165) is 35.5 Å².